The van der Waals surface area contributed by atoms with Gasteiger partial charge in [-0.15, -0.1) is 0 Å². The highest BCUT2D eigenvalue weighted by atomic mass is 32.2. The first-order valence-electron chi connectivity index (χ1n) is 4.01. The second kappa shape index (κ2) is 4.56. The van der Waals surface area contributed by atoms with Crippen LogP contribution >= 0.6 is 12.1 Å². The van der Waals surface area contributed by atoms with Gasteiger partial charge in [-0.3, -0.25) is 0 Å². The normalized spacial score (nSPS) is 46.4. The van der Waals surface area contributed by atoms with E-state index in [2.05, 4.69) is 0 Å². The van der Waals surface area contributed by atoms with Gasteiger partial charge in [0.15, 0.2) is 0 Å². The number of halogens is 1. The SMILES string of the molecule is CC1OC(CO)C(O)C(SF)C1O. The van der Waals surface area contributed by atoms with Crippen LogP contribution in [0, 0.1) is 0 Å². The van der Waals surface area contributed by atoms with Crippen molar-refractivity contribution in [3.63, 3.8) is 0 Å². The number of rotatable bonds is 2. The maximum atomic E-state index is 12.3. The first-order valence-corrected chi connectivity index (χ1v) is 4.79. The van der Waals surface area contributed by atoms with Crippen LogP contribution in [0.2, 0.25) is 0 Å². The molecule has 78 valence electrons. The Hall–Kier alpha value is 0.120. The van der Waals surface area contributed by atoms with Crippen LogP contribution in [0.5, 0.6) is 0 Å². The molecule has 0 amide bonds. The van der Waals surface area contributed by atoms with Gasteiger partial charge >= 0.3 is 0 Å². The van der Waals surface area contributed by atoms with Crippen molar-refractivity contribution in [1.29, 1.82) is 0 Å². The van der Waals surface area contributed by atoms with Crippen LogP contribution < -0.4 is 0 Å². The average molecular weight is 212 g/mol. The van der Waals surface area contributed by atoms with Crippen LogP contribution in [0.4, 0.5) is 3.89 Å². The Labute approximate surface area is 80.0 Å². The molecule has 0 aromatic carbocycles. The summed E-state index contributed by atoms with van der Waals surface area (Å²) in [5.41, 5.74) is 0. The molecule has 0 bridgehead atoms. The van der Waals surface area contributed by atoms with Crippen molar-refractivity contribution in [1.82, 2.24) is 0 Å². The first kappa shape index (κ1) is 11.2. The van der Waals surface area contributed by atoms with Gasteiger partial charge in [-0.05, 0) is 6.92 Å². The van der Waals surface area contributed by atoms with E-state index in [4.69, 9.17) is 9.84 Å². The minimum Gasteiger partial charge on any atom is -0.394 e. The minimum absolute atomic E-state index is 0.106. The Morgan fingerprint density at radius 3 is 2.46 bits per heavy atom. The highest BCUT2D eigenvalue weighted by molar-refractivity contribution is 7.95. The third-order valence-corrected chi connectivity index (χ3v) is 2.97. The number of aliphatic hydroxyl groups excluding tert-OH is 3. The molecule has 6 heteroatoms. The molecule has 0 aromatic rings. The maximum Gasteiger partial charge on any atom is 0.108 e. The van der Waals surface area contributed by atoms with Gasteiger partial charge in [0.1, 0.15) is 6.10 Å². The molecule has 5 unspecified atom stereocenters. The molecular formula is C7H13FO4S. The van der Waals surface area contributed by atoms with Gasteiger partial charge in [0, 0.05) is 0 Å². The second-order valence-electron chi connectivity index (χ2n) is 3.10. The number of ether oxygens (including phenoxy) is 1. The standard InChI is InChI=1S/C7H13FO4S/c1-3-5(10)7(13-8)6(11)4(2-9)12-3/h3-7,9-11H,2H2,1H3. The Bertz CT molecular complexity index is 171. The predicted molar refractivity (Wildman–Crippen MR) is 45.9 cm³/mol. The zero-order valence-corrected chi connectivity index (χ0v) is 7.95. The number of hydrogen-bond donors (Lipinski definition) is 3. The third-order valence-electron chi connectivity index (χ3n) is 2.21. The fourth-order valence-corrected chi connectivity index (χ4v) is 1.98. The zero-order chi connectivity index (χ0) is 10.0. The highest BCUT2D eigenvalue weighted by Gasteiger charge is 2.43. The van der Waals surface area contributed by atoms with Crippen LogP contribution in [0.25, 0.3) is 0 Å². The summed E-state index contributed by atoms with van der Waals surface area (Å²) in [5, 5.41) is 26.6. The van der Waals surface area contributed by atoms with Gasteiger partial charge in [0.05, 0.1) is 42.3 Å². The molecule has 1 saturated heterocycles. The lowest BCUT2D eigenvalue weighted by molar-refractivity contribution is -0.169. The summed E-state index contributed by atoms with van der Waals surface area (Å²) in [6.45, 7) is 1.19. The van der Waals surface area contributed by atoms with E-state index >= 15 is 0 Å². The Morgan fingerprint density at radius 2 is 2.00 bits per heavy atom. The Morgan fingerprint density at radius 1 is 1.38 bits per heavy atom. The van der Waals surface area contributed by atoms with Crippen LogP contribution in [-0.2, 0) is 4.74 Å². The number of aliphatic hydroxyl groups is 3. The van der Waals surface area contributed by atoms with Crippen LogP contribution in [0.1, 0.15) is 6.92 Å². The summed E-state index contributed by atoms with van der Waals surface area (Å²) in [4.78, 5) is 0. The van der Waals surface area contributed by atoms with Crippen molar-refractivity contribution < 1.29 is 23.9 Å². The molecule has 1 heterocycles. The van der Waals surface area contributed by atoms with Crippen LogP contribution in [0.15, 0.2) is 0 Å². The van der Waals surface area contributed by atoms with Crippen LogP contribution in [-0.4, -0.2) is 51.6 Å². The molecule has 0 spiro atoms. The smallest absolute Gasteiger partial charge is 0.108 e. The number of hydrogen-bond acceptors (Lipinski definition) is 5. The molecule has 0 aromatic heterocycles. The van der Waals surface area contributed by atoms with Crippen molar-refractivity contribution in [3.8, 4) is 0 Å². The summed E-state index contributed by atoms with van der Waals surface area (Å²) in [6, 6.07) is 0. The molecule has 0 radical (unpaired) electrons. The fourth-order valence-electron chi connectivity index (χ4n) is 1.37. The molecule has 1 aliphatic rings. The Balaban J connectivity index is 2.69. The molecule has 0 aliphatic carbocycles. The summed E-state index contributed by atoms with van der Waals surface area (Å²) in [6.07, 6.45) is -3.61. The lowest BCUT2D eigenvalue weighted by atomic mass is 9.99. The van der Waals surface area contributed by atoms with Gasteiger partial charge in [0.2, 0.25) is 0 Å². The molecule has 3 N–H and O–H groups in total. The van der Waals surface area contributed by atoms with E-state index in [9.17, 15) is 14.1 Å². The predicted octanol–water partition coefficient (Wildman–Crippen LogP) is -0.526. The van der Waals surface area contributed by atoms with E-state index in [-0.39, 0.29) is 18.8 Å². The van der Waals surface area contributed by atoms with Crippen molar-refractivity contribution in [3.05, 3.63) is 0 Å². The molecule has 13 heavy (non-hydrogen) atoms. The Kier molecular flexibility index (Phi) is 3.93. The molecule has 1 rings (SSSR count). The quantitative estimate of drug-likeness (QED) is 0.574. The molecular weight excluding hydrogens is 199 g/mol. The molecule has 1 aliphatic heterocycles. The van der Waals surface area contributed by atoms with Crippen molar-refractivity contribution in [2.45, 2.75) is 36.6 Å². The largest absolute Gasteiger partial charge is 0.394 e. The van der Waals surface area contributed by atoms with Gasteiger partial charge < -0.3 is 20.1 Å². The summed E-state index contributed by atoms with van der Waals surface area (Å²) < 4.78 is 17.4. The highest BCUT2D eigenvalue weighted by Crippen LogP contribution is 2.30. The fraction of sp³-hybridized carbons (Fsp3) is 1.00. The average Bonchev–Trinajstić information content (AvgIpc) is 2.12. The van der Waals surface area contributed by atoms with E-state index in [1.165, 1.54) is 0 Å². The monoisotopic (exact) mass is 212 g/mol. The topological polar surface area (TPSA) is 69.9 Å². The van der Waals surface area contributed by atoms with Crippen molar-refractivity contribution in [2.24, 2.45) is 0 Å². The van der Waals surface area contributed by atoms with Gasteiger partial charge in [-0.25, -0.2) is 0 Å². The van der Waals surface area contributed by atoms with Gasteiger partial charge in [-0.1, -0.05) is 0 Å². The summed E-state index contributed by atoms with van der Waals surface area (Å²) in [5.74, 6) is 0. The lowest BCUT2D eigenvalue weighted by Gasteiger charge is -2.39. The molecule has 4 nitrogen and oxygen atoms in total. The maximum absolute atomic E-state index is 12.3. The third kappa shape index (κ3) is 2.13. The van der Waals surface area contributed by atoms with Crippen LogP contribution in [0.3, 0.4) is 0 Å². The van der Waals surface area contributed by atoms with E-state index < -0.39 is 29.7 Å². The zero-order valence-electron chi connectivity index (χ0n) is 7.13. The van der Waals surface area contributed by atoms with Crippen molar-refractivity contribution >= 4 is 12.1 Å². The molecule has 1 fully saturated rings. The minimum atomic E-state index is -1.17. The molecule has 5 atom stereocenters. The summed E-state index contributed by atoms with van der Waals surface area (Å²) >= 11 is -0.106. The summed E-state index contributed by atoms with van der Waals surface area (Å²) in [7, 11) is 0. The van der Waals surface area contributed by atoms with E-state index in [1.807, 2.05) is 0 Å². The molecule has 0 saturated carbocycles. The lowest BCUT2D eigenvalue weighted by Crippen LogP contribution is -2.56. The first-order chi connectivity index (χ1) is 6.11. The second-order valence-corrected chi connectivity index (χ2v) is 3.82. The van der Waals surface area contributed by atoms with E-state index in [0.29, 0.717) is 0 Å². The van der Waals surface area contributed by atoms with E-state index in [1.54, 1.807) is 6.92 Å². The van der Waals surface area contributed by atoms with Gasteiger partial charge in [-0.2, -0.15) is 3.89 Å². The van der Waals surface area contributed by atoms with Gasteiger partial charge in [0.25, 0.3) is 0 Å². The van der Waals surface area contributed by atoms with Crippen molar-refractivity contribution in [2.75, 3.05) is 6.61 Å². The van der Waals surface area contributed by atoms with E-state index in [0.717, 1.165) is 0 Å².